The number of carboxylic acid groups (broad SMARTS) is 1. The Bertz CT molecular complexity index is 502. The van der Waals surface area contributed by atoms with Gasteiger partial charge in [-0.3, -0.25) is 0 Å². The Hall–Kier alpha value is -1.81. The monoisotopic (exact) mass is 205 g/mol. The van der Waals surface area contributed by atoms with Crippen molar-refractivity contribution in [2.75, 3.05) is 6.54 Å². The summed E-state index contributed by atoms with van der Waals surface area (Å²) >= 11 is 0. The lowest BCUT2D eigenvalue weighted by molar-refractivity contribution is 0.0698. The third kappa shape index (κ3) is 1.71. The first-order valence-corrected chi connectivity index (χ1v) is 4.67. The molecule has 0 aliphatic carbocycles. The molecule has 2 rings (SSSR count). The Morgan fingerprint density at radius 1 is 1.47 bits per heavy atom. The highest BCUT2D eigenvalue weighted by Crippen LogP contribution is 2.23. The van der Waals surface area contributed by atoms with Gasteiger partial charge in [0.1, 0.15) is 16.9 Å². The van der Waals surface area contributed by atoms with Gasteiger partial charge in [-0.1, -0.05) is 12.1 Å². The molecular weight excluding hydrogens is 194 g/mol. The van der Waals surface area contributed by atoms with Crippen LogP contribution in [0.25, 0.3) is 11.0 Å². The lowest BCUT2D eigenvalue weighted by Crippen LogP contribution is -2.01. The van der Waals surface area contributed by atoms with Crippen LogP contribution >= 0.6 is 0 Å². The minimum atomic E-state index is -0.978. The maximum absolute atomic E-state index is 10.9. The average molecular weight is 205 g/mol. The highest BCUT2D eigenvalue weighted by molar-refractivity contribution is 6.01. The van der Waals surface area contributed by atoms with E-state index in [0.717, 1.165) is 11.1 Å². The van der Waals surface area contributed by atoms with E-state index in [-0.39, 0.29) is 5.56 Å². The number of carboxylic acids is 1. The van der Waals surface area contributed by atoms with Crippen LogP contribution in [0.1, 0.15) is 16.1 Å². The van der Waals surface area contributed by atoms with Gasteiger partial charge in [-0.2, -0.15) is 0 Å². The summed E-state index contributed by atoms with van der Waals surface area (Å²) in [5.41, 5.74) is 6.02. The molecule has 1 aromatic carbocycles. The fraction of sp³-hybridized carbons (Fsp3) is 0.182. The molecule has 78 valence electrons. The highest BCUT2D eigenvalue weighted by atomic mass is 16.4. The van der Waals surface area contributed by atoms with Crippen LogP contribution in [0.15, 0.2) is 28.7 Å². The number of hydrogen-bond acceptors (Lipinski definition) is 3. The number of rotatable bonds is 3. The quantitative estimate of drug-likeness (QED) is 0.798. The molecule has 0 bridgehead atoms. The maximum atomic E-state index is 10.9. The van der Waals surface area contributed by atoms with Gasteiger partial charge in [0.25, 0.3) is 0 Å². The van der Waals surface area contributed by atoms with Crippen molar-refractivity contribution in [2.24, 2.45) is 5.73 Å². The molecule has 2 aromatic rings. The number of aromatic carboxylic acids is 1. The molecule has 0 saturated carbocycles. The fourth-order valence-electron chi connectivity index (χ4n) is 1.55. The number of furan rings is 1. The number of benzene rings is 1. The van der Waals surface area contributed by atoms with E-state index in [0.29, 0.717) is 18.5 Å². The summed E-state index contributed by atoms with van der Waals surface area (Å²) in [5, 5.41) is 9.74. The van der Waals surface area contributed by atoms with Gasteiger partial charge in [-0.25, -0.2) is 4.79 Å². The van der Waals surface area contributed by atoms with Crippen molar-refractivity contribution in [3.8, 4) is 0 Å². The van der Waals surface area contributed by atoms with E-state index in [1.165, 1.54) is 6.07 Å². The Balaban J connectivity index is 2.59. The average Bonchev–Trinajstić information content (AvgIpc) is 2.59. The zero-order valence-corrected chi connectivity index (χ0v) is 8.06. The number of hydrogen-bond donors (Lipinski definition) is 2. The zero-order chi connectivity index (χ0) is 10.8. The third-order valence-corrected chi connectivity index (χ3v) is 2.22. The van der Waals surface area contributed by atoms with Gasteiger partial charge in [0.2, 0.25) is 0 Å². The molecule has 0 amide bonds. The summed E-state index contributed by atoms with van der Waals surface area (Å²) < 4.78 is 5.44. The number of nitrogens with two attached hydrogens (primary N) is 1. The van der Waals surface area contributed by atoms with Crippen molar-refractivity contribution >= 4 is 16.9 Å². The summed E-state index contributed by atoms with van der Waals surface area (Å²) in [6, 6.07) is 6.88. The second-order valence-electron chi connectivity index (χ2n) is 3.28. The molecule has 4 heteroatoms. The number of fused-ring (bicyclic) bond motifs is 1. The molecule has 0 atom stereocenters. The minimum Gasteiger partial charge on any atom is -0.478 e. The molecule has 0 radical (unpaired) electrons. The Morgan fingerprint density at radius 3 is 2.93 bits per heavy atom. The second kappa shape index (κ2) is 3.74. The van der Waals surface area contributed by atoms with Gasteiger partial charge in [0.15, 0.2) is 0 Å². The van der Waals surface area contributed by atoms with E-state index in [1.807, 2.05) is 12.1 Å². The van der Waals surface area contributed by atoms with Gasteiger partial charge >= 0.3 is 5.97 Å². The van der Waals surface area contributed by atoms with Crippen molar-refractivity contribution in [1.82, 2.24) is 0 Å². The van der Waals surface area contributed by atoms with E-state index in [9.17, 15) is 4.79 Å². The molecule has 15 heavy (non-hydrogen) atoms. The maximum Gasteiger partial charge on any atom is 0.339 e. The summed E-state index contributed by atoms with van der Waals surface area (Å²) in [5.74, 6) is -0.254. The van der Waals surface area contributed by atoms with Crippen LogP contribution in [0.2, 0.25) is 0 Å². The smallest absolute Gasteiger partial charge is 0.339 e. The van der Waals surface area contributed by atoms with Gasteiger partial charge in [0, 0.05) is 11.8 Å². The van der Waals surface area contributed by atoms with Gasteiger partial charge in [0.05, 0.1) is 0 Å². The molecule has 3 N–H and O–H groups in total. The molecule has 0 spiro atoms. The van der Waals surface area contributed by atoms with E-state index in [2.05, 4.69) is 0 Å². The van der Waals surface area contributed by atoms with Crippen LogP contribution in [0, 0.1) is 0 Å². The Labute approximate surface area is 86.3 Å². The zero-order valence-electron chi connectivity index (χ0n) is 8.06. The van der Waals surface area contributed by atoms with Crippen molar-refractivity contribution < 1.29 is 14.3 Å². The molecular formula is C11H11NO3. The first-order chi connectivity index (χ1) is 7.22. The van der Waals surface area contributed by atoms with Gasteiger partial charge in [-0.15, -0.1) is 0 Å². The third-order valence-electron chi connectivity index (χ3n) is 2.22. The van der Waals surface area contributed by atoms with E-state index in [1.54, 1.807) is 6.07 Å². The molecule has 4 nitrogen and oxygen atoms in total. The van der Waals surface area contributed by atoms with Crippen LogP contribution in [0.5, 0.6) is 0 Å². The van der Waals surface area contributed by atoms with Crippen molar-refractivity contribution in [2.45, 2.75) is 6.42 Å². The molecule has 0 fully saturated rings. The van der Waals surface area contributed by atoms with Crippen LogP contribution in [-0.4, -0.2) is 17.6 Å². The molecule has 0 saturated heterocycles. The molecule has 1 heterocycles. The van der Waals surface area contributed by atoms with Crippen LogP contribution in [0.3, 0.4) is 0 Å². The Morgan fingerprint density at radius 2 is 2.27 bits per heavy atom. The molecule has 1 aromatic heterocycles. The molecule has 0 aliphatic rings. The van der Waals surface area contributed by atoms with Gasteiger partial charge < -0.3 is 15.3 Å². The summed E-state index contributed by atoms with van der Waals surface area (Å²) in [6.07, 6.45) is 0.619. The van der Waals surface area contributed by atoms with E-state index < -0.39 is 5.97 Å². The number of para-hydroxylation sites is 1. The van der Waals surface area contributed by atoms with Crippen LogP contribution in [-0.2, 0) is 6.42 Å². The predicted octanol–water partition coefficient (Wildman–Crippen LogP) is 1.63. The SMILES string of the molecule is NCCc1cc2cccc(C(=O)O)c2o1. The summed E-state index contributed by atoms with van der Waals surface area (Å²) in [6.45, 7) is 0.488. The van der Waals surface area contributed by atoms with Crippen molar-refractivity contribution in [3.05, 3.63) is 35.6 Å². The van der Waals surface area contributed by atoms with Crippen molar-refractivity contribution in [1.29, 1.82) is 0 Å². The standard InChI is InChI=1S/C11H11NO3/c12-5-4-8-6-7-2-1-3-9(11(13)14)10(7)15-8/h1-3,6H,4-5,12H2,(H,13,14). The predicted molar refractivity (Wildman–Crippen MR) is 55.9 cm³/mol. The number of carbonyl (C=O) groups is 1. The molecule has 0 aliphatic heterocycles. The normalized spacial score (nSPS) is 10.7. The lowest BCUT2D eigenvalue weighted by atomic mass is 10.1. The fourth-order valence-corrected chi connectivity index (χ4v) is 1.55. The van der Waals surface area contributed by atoms with Crippen molar-refractivity contribution in [3.63, 3.8) is 0 Å². The molecule has 0 unspecified atom stereocenters. The Kier molecular flexibility index (Phi) is 2.43. The summed E-state index contributed by atoms with van der Waals surface area (Å²) in [4.78, 5) is 10.9. The topological polar surface area (TPSA) is 76.5 Å². The van der Waals surface area contributed by atoms with E-state index >= 15 is 0 Å². The van der Waals surface area contributed by atoms with Crippen LogP contribution < -0.4 is 5.73 Å². The summed E-state index contributed by atoms with van der Waals surface area (Å²) in [7, 11) is 0. The first kappa shape index (κ1) is 9.73. The highest BCUT2D eigenvalue weighted by Gasteiger charge is 2.12. The first-order valence-electron chi connectivity index (χ1n) is 4.67. The van der Waals surface area contributed by atoms with E-state index in [4.69, 9.17) is 15.3 Å². The minimum absolute atomic E-state index is 0.191. The lowest BCUT2D eigenvalue weighted by Gasteiger charge is -1.94. The van der Waals surface area contributed by atoms with Gasteiger partial charge in [-0.05, 0) is 18.7 Å². The largest absolute Gasteiger partial charge is 0.478 e. The van der Waals surface area contributed by atoms with Crippen LogP contribution in [0.4, 0.5) is 0 Å². The second-order valence-corrected chi connectivity index (χ2v) is 3.28.